The van der Waals surface area contributed by atoms with Crippen LogP contribution in [-0.2, 0) is 11.3 Å². The Bertz CT molecular complexity index is 450. The molecule has 0 atom stereocenters. The third kappa shape index (κ3) is 5.74. The van der Waals surface area contributed by atoms with Crippen molar-refractivity contribution in [2.24, 2.45) is 0 Å². The Hall–Kier alpha value is -1.57. The van der Waals surface area contributed by atoms with E-state index in [0.717, 1.165) is 31.0 Å². The number of rotatable bonds is 8. The van der Waals surface area contributed by atoms with Crippen LogP contribution in [0, 0.1) is 11.3 Å². The summed E-state index contributed by atoms with van der Waals surface area (Å²) in [5.41, 5.74) is 1.07. The van der Waals surface area contributed by atoms with Gasteiger partial charge in [-0.1, -0.05) is 37.5 Å². The lowest BCUT2D eigenvalue weighted by molar-refractivity contribution is 0.0302. The maximum atomic E-state index is 8.58. The van der Waals surface area contributed by atoms with E-state index in [1.807, 2.05) is 30.3 Å². The number of ether oxygens (including phenoxy) is 2. The summed E-state index contributed by atoms with van der Waals surface area (Å²) in [6.07, 6.45) is 6.86. The van der Waals surface area contributed by atoms with Crippen molar-refractivity contribution < 1.29 is 9.47 Å². The first-order chi connectivity index (χ1) is 10.4. The van der Waals surface area contributed by atoms with Gasteiger partial charge in [0.2, 0.25) is 0 Å². The van der Waals surface area contributed by atoms with Gasteiger partial charge in [0.25, 0.3) is 0 Å². The fourth-order valence-electron chi connectivity index (χ4n) is 2.65. The molecular formula is C17H24N2O2. The van der Waals surface area contributed by atoms with Gasteiger partial charge in [-0.05, 0) is 18.9 Å². The average Bonchev–Trinajstić information content (AvgIpc) is 2.54. The number of hydrogen-bond donors (Lipinski definition) is 1. The molecule has 0 aromatic heterocycles. The Morgan fingerprint density at radius 1 is 1.19 bits per heavy atom. The lowest BCUT2D eigenvalue weighted by Gasteiger charge is -2.22. The van der Waals surface area contributed by atoms with Crippen LogP contribution in [0.5, 0.6) is 5.75 Å². The van der Waals surface area contributed by atoms with Crippen LogP contribution in [-0.4, -0.2) is 25.9 Å². The van der Waals surface area contributed by atoms with Crippen LogP contribution in [0.2, 0.25) is 0 Å². The second kappa shape index (κ2) is 9.38. The van der Waals surface area contributed by atoms with E-state index in [2.05, 4.69) is 5.32 Å². The largest absolute Gasteiger partial charge is 0.478 e. The van der Waals surface area contributed by atoms with Crippen molar-refractivity contribution in [1.29, 1.82) is 5.26 Å². The van der Waals surface area contributed by atoms with Crippen LogP contribution in [0.3, 0.4) is 0 Å². The highest BCUT2D eigenvalue weighted by molar-refractivity contribution is 5.33. The molecule has 0 spiro atoms. The summed E-state index contributed by atoms with van der Waals surface area (Å²) in [6.45, 7) is 2.41. The van der Waals surface area contributed by atoms with Gasteiger partial charge in [0, 0.05) is 18.7 Å². The number of benzene rings is 1. The van der Waals surface area contributed by atoms with Gasteiger partial charge in [0.15, 0.2) is 6.61 Å². The van der Waals surface area contributed by atoms with Gasteiger partial charge in [-0.25, -0.2) is 0 Å². The molecule has 2 rings (SSSR count). The van der Waals surface area contributed by atoms with Crippen molar-refractivity contribution in [1.82, 2.24) is 5.32 Å². The summed E-state index contributed by atoms with van der Waals surface area (Å²) < 4.78 is 11.3. The number of hydrogen-bond acceptors (Lipinski definition) is 4. The molecule has 1 N–H and O–H groups in total. The van der Waals surface area contributed by atoms with E-state index in [-0.39, 0.29) is 6.61 Å². The number of nitrogens with one attached hydrogen (secondary N) is 1. The van der Waals surface area contributed by atoms with E-state index in [1.165, 1.54) is 32.1 Å². The van der Waals surface area contributed by atoms with E-state index in [0.29, 0.717) is 6.10 Å². The minimum Gasteiger partial charge on any atom is -0.478 e. The van der Waals surface area contributed by atoms with E-state index in [1.54, 1.807) is 0 Å². The van der Waals surface area contributed by atoms with Gasteiger partial charge in [0.1, 0.15) is 11.8 Å². The van der Waals surface area contributed by atoms with Gasteiger partial charge in [-0.3, -0.25) is 0 Å². The number of nitriles is 1. The quantitative estimate of drug-likeness (QED) is 0.747. The van der Waals surface area contributed by atoms with E-state index >= 15 is 0 Å². The molecule has 114 valence electrons. The summed E-state index contributed by atoms with van der Waals surface area (Å²) in [7, 11) is 0. The van der Waals surface area contributed by atoms with Gasteiger partial charge in [-0.15, -0.1) is 0 Å². The van der Waals surface area contributed by atoms with Crippen molar-refractivity contribution in [3.8, 4) is 11.8 Å². The Balaban J connectivity index is 1.65. The Labute approximate surface area is 127 Å². The van der Waals surface area contributed by atoms with Crippen molar-refractivity contribution >= 4 is 0 Å². The molecule has 21 heavy (non-hydrogen) atoms. The first-order valence-corrected chi connectivity index (χ1v) is 7.80. The normalized spacial score (nSPS) is 15.6. The second-order valence-corrected chi connectivity index (χ2v) is 5.36. The zero-order valence-electron chi connectivity index (χ0n) is 12.5. The molecule has 0 radical (unpaired) electrons. The molecule has 4 heteroatoms. The van der Waals surface area contributed by atoms with Gasteiger partial charge in [0.05, 0.1) is 12.7 Å². The molecule has 0 amide bonds. The van der Waals surface area contributed by atoms with Crippen LogP contribution >= 0.6 is 0 Å². The summed E-state index contributed by atoms with van der Waals surface area (Å²) in [4.78, 5) is 0. The molecule has 0 saturated heterocycles. The van der Waals surface area contributed by atoms with Crippen molar-refractivity contribution in [3.05, 3.63) is 29.8 Å². The maximum absolute atomic E-state index is 8.58. The smallest absolute Gasteiger partial charge is 0.174 e. The molecule has 0 bridgehead atoms. The topological polar surface area (TPSA) is 54.3 Å². The highest BCUT2D eigenvalue weighted by atomic mass is 16.5. The van der Waals surface area contributed by atoms with Crippen molar-refractivity contribution in [2.45, 2.75) is 44.8 Å². The van der Waals surface area contributed by atoms with Crippen molar-refractivity contribution in [3.63, 3.8) is 0 Å². The fraction of sp³-hybridized carbons (Fsp3) is 0.588. The number of nitrogens with zero attached hydrogens (tertiary/aromatic N) is 1. The number of para-hydroxylation sites is 1. The minimum absolute atomic E-state index is 0.0851. The lowest BCUT2D eigenvalue weighted by Crippen LogP contribution is -2.24. The predicted molar refractivity (Wildman–Crippen MR) is 82.1 cm³/mol. The van der Waals surface area contributed by atoms with E-state index in [4.69, 9.17) is 14.7 Å². The Morgan fingerprint density at radius 3 is 2.81 bits per heavy atom. The standard InChI is InChI=1S/C17H24N2O2/c18-10-12-21-17-9-5-4-6-15(17)14-19-11-13-20-16-7-2-1-3-8-16/h4-6,9,16,19H,1-3,7-8,11-14H2. The molecule has 0 heterocycles. The van der Waals surface area contributed by atoms with Crippen LogP contribution < -0.4 is 10.1 Å². The molecule has 1 aromatic rings. The predicted octanol–water partition coefficient (Wildman–Crippen LogP) is 3.03. The monoisotopic (exact) mass is 288 g/mol. The molecule has 1 aliphatic rings. The average molecular weight is 288 g/mol. The van der Waals surface area contributed by atoms with Crippen LogP contribution in [0.1, 0.15) is 37.7 Å². The van der Waals surface area contributed by atoms with Gasteiger partial charge >= 0.3 is 0 Å². The van der Waals surface area contributed by atoms with Crippen molar-refractivity contribution in [2.75, 3.05) is 19.8 Å². The lowest BCUT2D eigenvalue weighted by atomic mass is 9.98. The highest BCUT2D eigenvalue weighted by Gasteiger charge is 2.12. The highest BCUT2D eigenvalue weighted by Crippen LogP contribution is 2.20. The SMILES string of the molecule is N#CCOc1ccccc1CNCCOC1CCCCC1. The molecule has 1 fully saturated rings. The first-order valence-electron chi connectivity index (χ1n) is 7.80. The van der Waals surface area contributed by atoms with Gasteiger partial charge in [-0.2, -0.15) is 5.26 Å². The third-order valence-corrected chi connectivity index (χ3v) is 3.76. The minimum atomic E-state index is 0.0851. The summed E-state index contributed by atoms with van der Waals surface area (Å²) in [5.74, 6) is 0.778. The molecular weight excluding hydrogens is 264 g/mol. The van der Waals surface area contributed by atoms with Crippen LogP contribution in [0.4, 0.5) is 0 Å². The molecule has 1 aliphatic carbocycles. The van der Waals surface area contributed by atoms with E-state index in [9.17, 15) is 0 Å². The molecule has 0 unspecified atom stereocenters. The van der Waals surface area contributed by atoms with Gasteiger partial charge < -0.3 is 14.8 Å². The Kier molecular flexibility index (Phi) is 7.06. The maximum Gasteiger partial charge on any atom is 0.174 e. The second-order valence-electron chi connectivity index (χ2n) is 5.36. The molecule has 0 aliphatic heterocycles. The zero-order chi connectivity index (χ0) is 14.8. The van der Waals surface area contributed by atoms with E-state index < -0.39 is 0 Å². The summed E-state index contributed by atoms with van der Waals surface area (Å²) in [5, 5.41) is 12.0. The first kappa shape index (κ1) is 15.8. The summed E-state index contributed by atoms with van der Waals surface area (Å²) in [6, 6.07) is 9.80. The third-order valence-electron chi connectivity index (χ3n) is 3.76. The van der Waals surface area contributed by atoms with Crippen LogP contribution in [0.15, 0.2) is 24.3 Å². The Morgan fingerprint density at radius 2 is 2.00 bits per heavy atom. The summed E-state index contributed by atoms with van der Waals surface area (Å²) >= 11 is 0. The molecule has 1 aromatic carbocycles. The molecule has 4 nitrogen and oxygen atoms in total. The fourth-order valence-corrected chi connectivity index (χ4v) is 2.65. The van der Waals surface area contributed by atoms with Crippen LogP contribution in [0.25, 0.3) is 0 Å². The zero-order valence-corrected chi connectivity index (χ0v) is 12.5. The molecule has 1 saturated carbocycles.